The van der Waals surface area contributed by atoms with Crippen molar-refractivity contribution < 1.29 is 13.9 Å². The number of morpholine rings is 1. The van der Waals surface area contributed by atoms with Crippen LogP contribution in [0, 0.1) is 5.41 Å². The molecule has 34 heavy (non-hydrogen) atoms. The fraction of sp³-hybridized carbons (Fsp3) is 0.182. The Hall–Kier alpha value is -3.12. The van der Waals surface area contributed by atoms with E-state index in [-0.39, 0.29) is 16.6 Å². The van der Waals surface area contributed by atoms with Gasteiger partial charge in [0.1, 0.15) is 10.4 Å². The molecule has 1 saturated heterocycles. The summed E-state index contributed by atoms with van der Waals surface area (Å²) >= 11 is 8.47. The number of carbonyl (C=O) groups excluding carboxylic acids is 1. The van der Waals surface area contributed by atoms with Gasteiger partial charge in [-0.2, -0.15) is 4.98 Å². The number of nitrogens with zero attached hydrogens (tertiary/aromatic N) is 3. The smallest absolute Gasteiger partial charge is 0.283 e. The molecule has 2 aromatic rings. The lowest BCUT2D eigenvalue weighted by molar-refractivity contribution is -0.128. The fourth-order valence-corrected chi connectivity index (χ4v) is 5.08. The summed E-state index contributed by atoms with van der Waals surface area (Å²) in [6.45, 7) is 2.07. The van der Waals surface area contributed by atoms with Crippen LogP contribution in [0.25, 0.3) is 17.3 Å². The Bertz CT molecular complexity index is 1550. The average molecular weight is 516 g/mol. The third-order valence-corrected chi connectivity index (χ3v) is 7.08. The van der Waals surface area contributed by atoms with Gasteiger partial charge in [-0.05, 0) is 42.5 Å². The van der Waals surface area contributed by atoms with Crippen LogP contribution in [0.15, 0.2) is 55.6 Å². The van der Waals surface area contributed by atoms with Gasteiger partial charge >= 0.3 is 0 Å². The zero-order chi connectivity index (χ0) is 23.7. The number of benzene rings is 1. The van der Waals surface area contributed by atoms with Crippen LogP contribution in [0.5, 0.6) is 0 Å². The lowest BCUT2D eigenvalue weighted by Gasteiger charge is -2.25. The van der Waals surface area contributed by atoms with E-state index in [0.717, 1.165) is 16.2 Å². The predicted molar refractivity (Wildman–Crippen MR) is 128 cm³/mol. The molecule has 1 amide bonds. The van der Waals surface area contributed by atoms with E-state index in [0.29, 0.717) is 52.0 Å². The molecule has 0 unspecified atom stereocenters. The van der Waals surface area contributed by atoms with Crippen molar-refractivity contribution in [1.82, 2.24) is 19.7 Å². The predicted octanol–water partition coefficient (Wildman–Crippen LogP) is 1.41. The van der Waals surface area contributed by atoms with Gasteiger partial charge in [0.25, 0.3) is 5.56 Å². The maximum Gasteiger partial charge on any atom is 0.283 e. The average Bonchev–Trinajstić information content (AvgIpc) is 3.45. The quantitative estimate of drug-likeness (QED) is 0.424. The molecule has 12 heteroatoms. The van der Waals surface area contributed by atoms with Crippen molar-refractivity contribution >= 4 is 52.8 Å². The van der Waals surface area contributed by atoms with Gasteiger partial charge in [-0.1, -0.05) is 34.7 Å². The molecule has 0 atom stereocenters. The second-order valence-electron chi connectivity index (χ2n) is 7.31. The zero-order valence-electron chi connectivity index (χ0n) is 17.6. The van der Waals surface area contributed by atoms with E-state index in [9.17, 15) is 9.59 Å². The molecule has 1 fully saturated rings. The van der Waals surface area contributed by atoms with E-state index < -0.39 is 5.56 Å². The van der Waals surface area contributed by atoms with Crippen LogP contribution in [0.3, 0.4) is 0 Å². The molecular formula is C22H18ClN5O4S2. The van der Waals surface area contributed by atoms with Crippen LogP contribution >= 0.6 is 34.7 Å². The Kier molecular flexibility index (Phi) is 6.42. The van der Waals surface area contributed by atoms with Crippen LogP contribution in [-0.2, 0) is 9.53 Å². The number of halogens is 1. The number of carbonyl (C=O) groups is 1. The van der Waals surface area contributed by atoms with Crippen molar-refractivity contribution in [3.63, 3.8) is 0 Å². The van der Waals surface area contributed by atoms with Crippen molar-refractivity contribution in [3.05, 3.63) is 72.9 Å². The largest absolute Gasteiger partial charge is 0.450 e. The number of fused-ring (bicyclic) bond motifs is 1. The molecule has 2 N–H and O–H groups in total. The first-order valence-corrected chi connectivity index (χ1v) is 12.3. The van der Waals surface area contributed by atoms with Crippen LogP contribution in [0.1, 0.15) is 5.76 Å². The number of nitrogens with one attached hydrogen (secondary N) is 2. The number of H-pyrrole nitrogens is 1. The van der Waals surface area contributed by atoms with Gasteiger partial charge in [0.2, 0.25) is 11.0 Å². The first-order valence-electron chi connectivity index (χ1n) is 10.3. The topological polar surface area (TPSA) is 117 Å². The molecule has 9 nitrogen and oxygen atoms in total. The molecule has 1 aromatic carbocycles. The Morgan fingerprint density at radius 2 is 1.97 bits per heavy atom. The highest BCUT2D eigenvalue weighted by Crippen LogP contribution is 2.30. The molecule has 4 heterocycles. The number of hydrogen-bond donors (Lipinski definition) is 2. The van der Waals surface area contributed by atoms with Crippen molar-refractivity contribution in [3.8, 4) is 5.13 Å². The summed E-state index contributed by atoms with van der Waals surface area (Å²) in [5.74, 6) is 0.266. The van der Waals surface area contributed by atoms with Gasteiger partial charge in [0.05, 0.1) is 18.4 Å². The van der Waals surface area contributed by atoms with Crippen molar-refractivity contribution in [1.29, 1.82) is 5.41 Å². The number of hydrogen-bond acceptors (Lipinski definition) is 8. The molecule has 1 aromatic heterocycles. The highest BCUT2D eigenvalue weighted by atomic mass is 35.5. The van der Waals surface area contributed by atoms with Gasteiger partial charge in [-0.15, -0.1) is 0 Å². The van der Waals surface area contributed by atoms with Crippen molar-refractivity contribution in [2.45, 2.75) is 9.99 Å². The number of ether oxygens (including phenoxy) is 1. The minimum Gasteiger partial charge on any atom is -0.450 e. The van der Waals surface area contributed by atoms with Crippen molar-refractivity contribution in [2.75, 3.05) is 26.3 Å². The molecule has 0 radical (unpaired) electrons. The first kappa shape index (κ1) is 22.7. The van der Waals surface area contributed by atoms with Gasteiger partial charge in [0, 0.05) is 29.1 Å². The number of aromatic amines is 1. The summed E-state index contributed by atoms with van der Waals surface area (Å²) in [6, 6.07) is 10.9. The van der Waals surface area contributed by atoms with Gasteiger partial charge < -0.3 is 14.1 Å². The van der Waals surface area contributed by atoms with E-state index in [4.69, 9.17) is 26.2 Å². The summed E-state index contributed by atoms with van der Waals surface area (Å²) in [4.78, 5) is 31.8. The van der Waals surface area contributed by atoms with Crippen LogP contribution < -0.4 is 20.9 Å². The molecule has 3 aliphatic rings. The van der Waals surface area contributed by atoms with Crippen LogP contribution in [-0.4, -0.2) is 51.9 Å². The Labute approximate surface area is 205 Å². The number of amides is 1. The maximum atomic E-state index is 12.6. The third-order valence-electron chi connectivity index (χ3n) is 5.02. The summed E-state index contributed by atoms with van der Waals surface area (Å²) in [5, 5.41) is 13.1. The summed E-state index contributed by atoms with van der Waals surface area (Å²) in [7, 11) is 0. The van der Waals surface area contributed by atoms with Gasteiger partial charge in [-0.3, -0.25) is 20.1 Å². The first-order chi connectivity index (χ1) is 16.5. The normalized spacial score (nSPS) is 15.4. The standard InChI is InChI=1S/C22H18ClN5O4S2/c23-13-1-4-15(5-2-13)33-19-6-3-14(32-19)11-16-20(24)28-22(25-21(16)30)34-17(26-28)12-18(29)27-7-9-31-10-8-27/h1-6,11-12,24,26H,7-10H2/b16-11+,17-12+,24-20?. The SMILES string of the molecule is N=c1/c(=C\c2ccc(Sc3ccc(Cl)cc3)o2)c(=O)nc2s/c(=C/C(=O)N3CCOCC3)[nH]n1-2. The Morgan fingerprint density at radius 3 is 2.74 bits per heavy atom. The Morgan fingerprint density at radius 1 is 1.21 bits per heavy atom. The number of rotatable bonds is 4. The van der Waals surface area contributed by atoms with Gasteiger partial charge in [0.15, 0.2) is 10.6 Å². The molecule has 5 rings (SSSR count). The van der Waals surface area contributed by atoms with Crippen molar-refractivity contribution in [2.24, 2.45) is 0 Å². The minimum atomic E-state index is -0.547. The minimum absolute atomic E-state index is 0.0759. The highest BCUT2D eigenvalue weighted by Gasteiger charge is 2.16. The molecule has 3 aliphatic heterocycles. The number of furan rings is 1. The van der Waals surface area contributed by atoms with E-state index in [2.05, 4.69) is 10.1 Å². The van der Waals surface area contributed by atoms with Gasteiger partial charge in [-0.25, -0.2) is 4.68 Å². The number of aromatic nitrogens is 3. The molecule has 0 spiro atoms. The van der Waals surface area contributed by atoms with E-state index >= 15 is 0 Å². The lowest BCUT2D eigenvalue weighted by atomic mass is 10.3. The maximum absolute atomic E-state index is 12.6. The molecule has 0 saturated carbocycles. The summed E-state index contributed by atoms with van der Waals surface area (Å²) < 4.78 is 13.0. The second-order valence-corrected chi connectivity index (χ2v) is 9.84. The molecule has 0 bridgehead atoms. The van der Waals surface area contributed by atoms with Crippen LogP contribution in [0.4, 0.5) is 0 Å². The second kappa shape index (κ2) is 9.63. The molecule has 0 aliphatic carbocycles. The van der Waals surface area contributed by atoms with E-state index in [1.807, 2.05) is 12.1 Å². The molecule has 174 valence electrons. The fourth-order valence-electron chi connectivity index (χ4n) is 3.32. The third kappa shape index (κ3) is 4.87. The molecular weight excluding hydrogens is 498 g/mol. The zero-order valence-corrected chi connectivity index (χ0v) is 20.0. The highest BCUT2D eigenvalue weighted by molar-refractivity contribution is 7.99. The monoisotopic (exact) mass is 515 g/mol. The van der Waals surface area contributed by atoms with E-state index in [1.165, 1.54) is 28.6 Å². The lowest BCUT2D eigenvalue weighted by Crippen LogP contribution is -2.47. The Balaban J connectivity index is 1.46. The van der Waals surface area contributed by atoms with E-state index in [1.54, 1.807) is 29.2 Å². The van der Waals surface area contributed by atoms with Crippen LogP contribution in [0.2, 0.25) is 5.02 Å². The summed E-state index contributed by atoms with van der Waals surface area (Å²) in [6.07, 6.45) is 2.94. The summed E-state index contributed by atoms with van der Waals surface area (Å²) in [5.41, 5.74) is -0.623.